The summed E-state index contributed by atoms with van der Waals surface area (Å²) in [4.78, 5) is 24.5. The van der Waals surface area contributed by atoms with Crippen LogP contribution in [0, 0.1) is 0 Å². The van der Waals surface area contributed by atoms with Crippen LogP contribution in [0.25, 0.3) is 0 Å². The highest BCUT2D eigenvalue weighted by atomic mass is 16.5. The maximum atomic E-state index is 12.5. The molecule has 2 unspecified atom stereocenters. The number of allylic oxidation sites excluding steroid dienone is 5. The summed E-state index contributed by atoms with van der Waals surface area (Å²) in [6.07, 6.45) is 71.8. The third-order valence-corrected chi connectivity index (χ3v) is 13.9. The van der Waals surface area contributed by atoms with Crippen LogP contribution >= 0.6 is 0 Å². The van der Waals surface area contributed by atoms with Crippen LogP contribution in [0.4, 0.5) is 0 Å². The highest BCUT2D eigenvalue weighted by Gasteiger charge is 2.18. The van der Waals surface area contributed by atoms with Crippen molar-refractivity contribution < 1.29 is 24.5 Å². The first-order chi connectivity index (χ1) is 33.5. The number of ether oxygens (including phenoxy) is 1. The van der Waals surface area contributed by atoms with E-state index in [-0.39, 0.29) is 18.5 Å². The fraction of sp³-hybridized carbons (Fsp3) is 0.871. The molecule has 0 heterocycles. The van der Waals surface area contributed by atoms with Crippen molar-refractivity contribution in [3.05, 3.63) is 36.5 Å². The van der Waals surface area contributed by atoms with Crippen LogP contribution in [0.2, 0.25) is 0 Å². The minimum Gasteiger partial charge on any atom is -0.466 e. The predicted octanol–water partition coefficient (Wildman–Crippen LogP) is 18.8. The monoisotopic (exact) mass is 956 g/mol. The zero-order valence-corrected chi connectivity index (χ0v) is 45.6. The van der Waals surface area contributed by atoms with E-state index in [2.05, 4.69) is 43.5 Å². The lowest BCUT2D eigenvalue weighted by atomic mass is 10.0. The molecule has 0 saturated carbocycles. The molecule has 0 aliphatic heterocycles. The van der Waals surface area contributed by atoms with Crippen molar-refractivity contribution in [3.8, 4) is 0 Å². The fourth-order valence-electron chi connectivity index (χ4n) is 9.20. The first-order valence-corrected chi connectivity index (χ1v) is 30.3. The van der Waals surface area contributed by atoms with Gasteiger partial charge in [-0.25, -0.2) is 0 Å². The van der Waals surface area contributed by atoms with Crippen molar-refractivity contribution in [2.75, 3.05) is 13.2 Å². The van der Waals surface area contributed by atoms with Gasteiger partial charge in [0.05, 0.1) is 25.4 Å². The molecule has 400 valence electrons. The number of carbonyl (C=O) groups excluding carboxylic acids is 2. The topological polar surface area (TPSA) is 95.9 Å². The Balaban J connectivity index is 3.46. The summed E-state index contributed by atoms with van der Waals surface area (Å²) in [5, 5.41) is 23.2. The Labute approximate surface area is 424 Å². The second-order valence-corrected chi connectivity index (χ2v) is 20.7. The Bertz CT molecular complexity index is 1100. The van der Waals surface area contributed by atoms with Crippen molar-refractivity contribution >= 4 is 11.9 Å². The molecule has 0 aliphatic carbocycles. The van der Waals surface area contributed by atoms with Gasteiger partial charge < -0.3 is 20.3 Å². The highest BCUT2D eigenvalue weighted by Crippen LogP contribution is 2.17. The van der Waals surface area contributed by atoms with Crippen LogP contribution in [0.1, 0.15) is 322 Å². The molecule has 0 fully saturated rings. The number of rotatable bonds is 56. The maximum Gasteiger partial charge on any atom is 0.305 e. The number of hydrogen-bond acceptors (Lipinski definition) is 5. The quantitative estimate of drug-likeness (QED) is 0.0321. The molecule has 0 spiro atoms. The summed E-state index contributed by atoms with van der Waals surface area (Å²) >= 11 is 0. The number of carbonyl (C=O) groups is 2. The zero-order valence-electron chi connectivity index (χ0n) is 45.6. The molecule has 0 saturated heterocycles. The van der Waals surface area contributed by atoms with Gasteiger partial charge in [-0.05, 0) is 77.0 Å². The van der Waals surface area contributed by atoms with Crippen LogP contribution in [0.5, 0.6) is 0 Å². The third-order valence-electron chi connectivity index (χ3n) is 13.9. The number of amides is 1. The van der Waals surface area contributed by atoms with E-state index in [0.29, 0.717) is 19.4 Å². The van der Waals surface area contributed by atoms with Crippen LogP contribution in [0.15, 0.2) is 36.5 Å². The average molecular weight is 957 g/mol. The van der Waals surface area contributed by atoms with Crippen LogP contribution in [-0.4, -0.2) is 47.4 Å². The molecule has 0 aromatic carbocycles. The summed E-state index contributed by atoms with van der Waals surface area (Å²) in [6, 6.07) is -0.633. The number of aliphatic hydroxyl groups excluding tert-OH is 2. The molecular formula is C62H117NO5. The number of esters is 1. The van der Waals surface area contributed by atoms with Crippen molar-refractivity contribution in [1.82, 2.24) is 5.32 Å². The smallest absolute Gasteiger partial charge is 0.305 e. The molecule has 68 heavy (non-hydrogen) atoms. The lowest BCUT2D eigenvalue weighted by Crippen LogP contribution is -2.45. The maximum absolute atomic E-state index is 12.5. The molecule has 0 aliphatic rings. The number of hydrogen-bond donors (Lipinski definition) is 3. The summed E-state index contributed by atoms with van der Waals surface area (Å²) < 4.78 is 5.45. The normalized spacial score (nSPS) is 12.8. The summed E-state index contributed by atoms with van der Waals surface area (Å²) in [5.41, 5.74) is 0. The lowest BCUT2D eigenvalue weighted by Gasteiger charge is -2.20. The number of nitrogens with one attached hydrogen (secondary N) is 1. The molecule has 0 aromatic heterocycles. The van der Waals surface area contributed by atoms with E-state index in [4.69, 9.17) is 4.74 Å². The van der Waals surface area contributed by atoms with Gasteiger partial charge in [0.2, 0.25) is 5.91 Å². The molecule has 1 amide bonds. The van der Waals surface area contributed by atoms with Crippen molar-refractivity contribution in [3.63, 3.8) is 0 Å². The first kappa shape index (κ1) is 66.1. The largest absolute Gasteiger partial charge is 0.466 e. The van der Waals surface area contributed by atoms with Crippen LogP contribution in [0.3, 0.4) is 0 Å². The number of aliphatic hydroxyl groups is 2. The SMILES string of the molecule is CCCC/C=C\CCCCCCCC(=O)OCCCCCCCCCCCCC/C=C\CCCCCCCCCC(=O)NC(CO)C(O)/C=C/CCCCCCCCCCCCCCCCCC. The highest BCUT2D eigenvalue weighted by molar-refractivity contribution is 5.76. The average Bonchev–Trinajstić information content (AvgIpc) is 3.34. The van der Waals surface area contributed by atoms with Gasteiger partial charge in [-0.15, -0.1) is 0 Å². The van der Waals surface area contributed by atoms with Crippen molar-refractivity contribution in [2.45, 2.75) is 334 Å². The summed E-state index contributed by atoms with van der Waals surface area (Å²) in [7, 11) is 0. The Morgan fingerprint density at radius 1 is 0.397 bits per heavy atom. The van der Waals surface area contributed by atoms with Gasteiger partial charge in [-0.1, -0.05) is 269 Å². The minimum atomic E-state index is -0.849. The summed E-state index contributed by atoms with van der Waals surface area (Å²) in [6.45, 7) is 4.87. The number of unbranched alkanes of at least 4 members (excludes halogenated alkanes) is 41. The predicted molar refractivity (Wildman–Crippen MR) is 296 cm³/mol. The van der Waals surface area contributed by atoms with Gasteiger partial charge in [-0.3, -0.25) is 9.59 Å². The molecule has 6 heteroatoms. The van der Waals surface area contributed by atoms with Gasteiger partial charge in [0.15, 0.2) is 0 Å². The van der Waals surface area contributed by atoms with Gasteiger partial charge in [0.1, 0.15) is 0 Å². The van der Waals surface area contributed by atoms with Gasteiger partial charge in [0, 0.05) is 12.8 Å². The Hall–Kier alpha value is -1.92. The van der Waals surface area contributed by atoms with E-state index in [0.717, 1.165) is 51.4 Å². The van der Waals surface area contributed by atoms with E-state index in [1.807, 2.05) is 6.08 Å². The molecule has 2 atom stereocenters. The fourth-order valence-corrected chi connectivity index (χ4v) is 9.20. The molecule has 0 aromatic rings. The van der Waals surface area contributed by atoms with Crippen LogP contribution < -0.4 is 5.32 Å². The second kappa shape index (κ2) is 57.7. The Morgan fingerprint density at radius 2 is 0.706 bits per heavy atom. The molecule has 6 nitrogen and oxygen atoms in total. The van der Waals surface area contributed by atoms with E-state index >= 15 is 0 Å². The van der Waals surface area contributed by atoms with E-state index in [9.17, 15) is 19.8 Å². The molecule has 3 N–H and O–H groups in total. The molecule has 0 radical (unpaired) electrons. The standard InChI is InChI=1S/C62H117NO5/c1-3-5-7-9-11-13-15-16-17-18-25-28-31-35-38-42-46-50-54-60(65)59(58-64)63-61(66)55-51-47-43-39-36-32-29-26-23-21-19-20-22-24-27-30-33-37-41-45-49-53-57-68-62(67)56-52-48-44-40-34-14-12-10-8-6-4-2/h10,12,21,23,50,54,59-60,64-65H,3-9,11,13-20,22,24-49,51-53,55-58H2,1-2H3,(H,63,66)/b12-10-,23-21-,54-50+. The van der Waals surface area contributed by atoms with E-state index in [1.165, 1.54) is 244 Å². The minimum absolute atomic E-state index is 0.00185. The molecular weight excluding hydrogens is 839 g/mol. The van der Waals surface area contributed by atoms with Crippen LogP contribution in [-0.2, 0) is 14.3 Å². The van der Waals surface area contributed by atoms with E-state index in [1.54, 1.807) is 6.08 Å². The van der Waals surface area contributed by atoms with Gasteiger partial charge >= 0.3 is 5.97 Å². The van der Waals surface area contributed by atoms with Crippen molar-refractivity contribution in [2.24, 2.45) is 0 Å². The Kier molecular flexibility index (Phi) is 56.0. The third kappa shape index (κ3) is 53.4. The molecule has 0 rings (SSSR count). The second-order valence-electron chi connectivity index (χ2n) is 20.7. The van der Waals surface area contributed by atoms with E-state index < -0.39 is 12.1 Å². The zero-order chi connectivity index (χ0) is 49.3. The lowest BCUT2D eigenvalue weighted by molar-refractivity contribution is -0.143. The van der Waals surface area contributed by atoms with Crippen molar-refractivity contribution in [1.29, 1.82) is 0 Å². The first-order valence-electron chi connectivity index (χ1n) is 30.3. The molecule has 0 bridgehead atoms. The summed E-state index contributed by atoms with van der Waals surface area (Å²) in [5.74, 6) is -0.0752. The van der Waals surface area contributed by atoms with Gasteiger partial charge in [-0.2, -0.15) is 0 Å². The Morgan fingerprint density at radius 3 is 1.09 bits per heavy atom. The van der Waals surface area contributed by atoms with Gasteiger partial charge in [0.25, 0.3) is 0 Å².